The number of halogens is 1. The van der Waals surface area contributed by atoms with E-state index >= 15 is 0 Å². The van der Waals surface area contributed by atoms with Crippen molar-refractivity contribution in [3.8, 4) is 0 Å². The zero-order valence-corrected chi connectivity index (χ0v) is 10.2. The predicted octanol–water partition coefficient (Wildman–Crippen LogP) is 2.89. The summed E-state index contributed by atoms with van der Waals surface area (Å²) in [4.78, 5) is 11.5. The third-order valence-corrected chi connectivity index (χ3v) is 3.07. The van der Waals surface area contributed by atoms with E-state index in [1.54, 1.807) is 12.4 Å². The van der Waals surface area contributed by atoms with Crippen molar-refractivity contribution in [1.82, 2.24) is 15.0 Å². The van der Waals surface area contributed by atoms with Crippen molar-refractivity contribution in [3.63, 3.8) is 0 Å². The second kappa shape index (κ2) is 4.63. The molecule has 2 aromatic heterocycles. The van der Waals surface area contributed by atoms with Gasteiger partial charge in [-0.3, -0.25) is 4.98 Å². The molecule has 2 heterocycles. The molecule has 0 aromatic carbocycles. The smallest absolute Gasteiger partial charge is 0.120 e. The molecule has 0 radical (unpaired) electrons. The molecule has 0 aliphatic heterocycles. The van der Waals surface area contributed by atoms with Crippen LogP contribution in [0.5, 0.6) is 0 Å². The van der Waals surface area contributed by atoms with Crippen LogP contribution in [0.15, 0.2) is 35.1 Å². The first kappa shape index (κ1) is 10.4. The SMILES string of the molecule is S=c1[nH]c(Cc2ccccn2)ncc1Br. The Kier molecular flexibility index (Phi) is 3.23. The highest BCUT2D eigenvalue weighted by Gasteiger charge is 1.99. The Morgan fingerprint density at radius 2 is 2.20 bits per heavy atom. The largest absolute Gasteiger partial charge is 0.334 e. The van der Waals surface area contributed by atoms with Crippen molar-refractivity contribution in [2.24, 2.45) is 0 Å². The second-order valence-corrected chi connectivity index (χ2v) is 4.27. The van der Waals surface area contributed by atoms with E-state index in [9.17, 15) is 0 Å². The van der Waals surface area contributed by atoms with Crippen LogP contribution in [0.4, 0.5) is 0 Å². The van der Waals surface area contributed by atoms with Crippen LogP contribution in [0.2, 0.25) is 0 Å². The first-order valence-corrected chi connectivity index (χ1v) is 5.59. The van der Waals surface area contributed by atoms with Gasteiger partial charge in [0.1, 0.15) is 10.5 Å². The number of hydrogen-bond acceptors (Lipinski definition) is 3. The molecule has 0 fully saturated rings. The molecule has 5 heteroatoms. The van der Waals surface area contributed by atoms with Crippen LogP contribution in [0.25, 0.3) is 0 Å². The number of aromatic amines is 1. The summed E-state index contributed by atoms with van der Waals surface area (Å²) in [5.74, 6) is 0.821. The Hall–Kier alpha value is -1.07. The fraction of sp³-hybridized carbons (Fsp3) is 0.100. The molecule has 2 aromatic rings. The van der Waals surface area contributed by atoms with Gasteiger partial charge >= 0.3 is 0 Å². The summed E-state index contributed by atoms with van der Waals surface area (Å²) in [5, 5.41) is 0. The van der Waals surface area contributed by atoms with E-state index in [0.717, 1.165) is 16.0 Å². The maximum absolute atomic E-state index is 5.09. The molecule has 0 spiro atoms. The molecule has 0 amide bonds. The number of nitrogens with zero attached hydrogens (tertiary/aromatic N) is 2. The summed E-state index contributed by atoms with van der Waals surface area (Å²) in [6, 6.07) is 5.80. The molecule has 15 heavy (non-hydrogen) atoms. The van der Waals surface area contributed by atoms with Gasteiger partial charge in [0.15, 0.2) is 0 Å². The lowest BCUT2D eigenvalue weighted by molar-refractivity contribution is 0.924. The summed E-state index contributed by atoms with van der Waals surface area (Å²) in [5.41, 5.74) is 0.970. The van der Waals surface area contributed by atoms with Crippen LogP contribution < -0.4 is 0 Å². The van der Waals surface area contributed by atoms with Crippen molar-refractivity contribution in [1.29, 1.82) is 0 Å². The standard InChI is InChI=1S/C10H8BrN3S/c11-8-6-13-9(14-10(8)15)5-7-3-1-2-4-12-7/h1-4,6H,5H2,(H,13,14,15). The lowest BCUT2D eigenvalue weighted by Gasteiger charge is -2.00. The number of rotatable bonds is 2. The number of pyridine rings is 1. The lowest BCUT2D eigenvalue weighted by atomic mass is 10.2. The number of hydrogen-bond donors (Lipinski definition) is 1. The molecule has 0 saturated carbocycles. The lowest BCUT2D eigenvalue weighted by Crippen LogP contribution is -1.98. The minimum Gasteiger partial charge on any atom is -0.334 e. The number of H-pyrrole nitrogens is 1. The Labute approximate surface area is 101 Å². The van der Waals surface area contributed by atoms with E-state index in [1.807, 2.05) is 18.2 Å². The van der Waals surface area contributed by atoms with Gasteiger partial charge in [-0.15, -0.1) is 0 Å². The average molecular weight is 282 g/mol. The number of nitrogens with one attached hydrogen (secondary N) is 1. The van der Waals surface area contributed by atoms with Gasteiger partial charge in [0, 0.05) is 24.5 Å². The Morgan fingerprint density at radius 3 is 2.87 bits per heavy atom. The van der Waals surface area contributed by atoms with Crippen LogP contribution in [0.3, 0.4) is 0 Å². The highest BCUT2D eigenvalue weighted by atomic mass is 79.9. The van der Waals surface area contributed by atoms with Crippen LogP contribution in [0.1, 0.15) is 11.5 Å². The Morgan fingerprint density at radius 1 is 1.33 bits per heavy atom. The number of aromatic nitrogens is 3. The normalized spacial score (nSPS) is 10.2. The van der Waals surface area contributed by atoms with Crippen LogP contribution >= 0.6 is 28.1 Å². The first-order valence-electron chi connectivity index (χ1n) is 4.39. The molecule has 0 aliphatic rings. The van der Waals surface area contributed by atoms with Gasteiger partial charge in [-0.2, -0.15) is 0 Å². The fourth-order valence-electron chi connectivity index (χ4n) is 1.18. The second-order valence-electron chi connectivity index (χ2n) is 3.00. The zero-order chi connectivity index (χ0) is 10.7. The van der Waals surface area contributed by atoms with E-state index in [1.165, 1.54) is 0 Å². The topological polar surface area (TPSA) is 41.6 Å². The molecule has 0 aliphatic carbocycles. The molecule has 1 N–H and O–H groups in total. The Balaban J connectivity index is 2.26. The summed E-state index contributed by atoms with van der Waals surface area (Å²) in [7, 11) is 0. The molecule has 0 unspecified atom stereocenters. The molecule has 3 nitrogen and oxygen atoms in total. The molecular formula is C10H8BrN3S. The molecule has 0 saturated heterocycles. The van der Waals surface area contributed by atoms with Gasteiger partial charge in [0.25, 0.3) is 0 Å². The average Bonchev–Trinajstić information content (AvgIpc) is 2.25. The summed E-state index contributed by atoms with van der Waals surface area (Å²) in [6.07, 6.45) is 4.14. The van der Waals surface area contributed by atoms with Crippen LogP contribution in [-0.4, -0.2) is 15.0 Å². The van der Waals surface area contributed by atoms with E-state index in [2.05, 4.69) is 30.9 Å². The highest BCUT2D eigenvalue weighted by molar-refractivity contribution is 9.10. The fourth-order valence-corrected chi connectivity index (χ4v) is 1.55. The third kappa shape index (κ3) is 2.70. The minimum atomic E-state index is 0.663. The van der Waals surface area contributed by atoms with Crippen molar-refractivity contribution in [2.75, 3.05) is 0 Å². The molecule has 0 atom stereocenters. The van der Waals surface area contributed by atoms with Crippen molar-refractivity contribution in [2.45, 2.75) is 6.42 Å². The maximum Gasteiger partial charge on any atom is 0.120 e. The molecule has 76 valence electrons. The third-order valence-electron chi connectivity index (χ3n) is 1.88. The van der Waals surface area contributed by atoms with E-state index in [0.29, 0.717) is 11.1 Å². The minimum absolute atomic E-state index is 0.663. The van der Waals surface area contributed by atoms with E-state index < -0.39 is 0 Å². The van der Waals surface area contributed by atoms with Gasteiger partial charge in [-0.1, -0.05) is 18.3 Å². The van der Waals surface area contributed by atoms with Gasteiger partial charge in [-0.25, -0.2) is 4.98 Å². The van der Waals surface area contributed by atoms with Crippen LogP contribution in [-0.2, 0) is 6.42 Å². The van der Waals surface area contributed by atoms with Gasteiger partial charge in [0.05, 0.1) is 4.47 Å². The van der Waals surface area contributed by atoms with Gasteiger partial charge < -0.3 is 4.98 Å². The first-order chi connectivity index (χ1) is 7.25. The summed E-state index contributed by atoms with van der Waals surface area (Å²) in [6.45, 7) is 0. The molecular weight excluding hydrogens is 274 g/mol. The van der Waals surface area contributed by atoms with Crippen molar-refractivity contribution in [3.05, 3.63) is 51.2 Å². The Bertz CT molecular complexity index is 510. The predicted molar refractivity (Wildman–Crippen MR) is 64.2 cm³/mol. The highest BCUT2D eigenvalue weighted by Crippen LogP contribution is 2.09. The van der Waals surface area contributed by atoms with Crippen molar-refractivity contribution >= 4 is 28.1 Å². The quantitative estimate of drug-likeness (QED) is 0.861. The molecule has 2 rings (SSSR count). The van der Waals surface area contributed by atoms with E-state index in [4.69, 9.17) is 12.2 Å². The van der Waals surface area contributed by atoms with Crippen molar-refractivity contribution < 1.29 is 0 Å². The van der Waals surface area contributed by atoms with Gasteiger partial charge in [0.2, 0.25) is 0 Å². The van der Waals surface area contributed by atoms with E-state index in [-0.39, 0.29) is 0 Å². The summed E-state index contributed by atoms with van der Waals surface area (Å²) < 4.78 is 1.47. The molecule has 0 bridgehead atoms. The summed E-state index contributed by atoms with van der Waals surface area (Å²) >= 11 is 8.40. The van der Waals surface area contributed by atoms with Crippen LogP contribution in [0, 0.1) is 4.64 Å². The monoisotopic (exact) mass is 281 g/mol. The van der Waals surface area contributed by atoms with Gasteiger partial charge in [-0.05, 0) is 28.1 Å². The zero-order valence-electron chi connectivity index (χ0n) is 7.77. The maximum atomic E-state index is 5.09.